The van der Waals surface area contributed by atoms with Crippen molar-refractivity contribution in [1.29, 1.82) is 0 Å². The molecule has 1 amide bonds. The lowest BCUT2D eigenvalue weighted by Crippen LogP contribution is -2.20. The molecule has 0 spiro atoms. The van der Waals surface area contributed by atoms with Crippen LogP contribution in [-0.2, 0) is 11.3 Å². The third-order valence-corrected chi connectivity index (χ3v) is 6.69. The topological polar surface area (TPSA) is 84.2 Å². The third kappa shape index (κ3) is 6.17. The van der Waals surface area contributed by atoms with Gasteiger partial charge in [-0.3, -0.25) is 9.36 Å². The van der Waals surface area contributed by atoms with Crippen LogP contribution in [0, 0.1) is 0 Å². The average molecular weight is 527 g/mol. The van der Waals surface area contributed by atoms with Gasteiger partial charge in [0.05, 0.1) is 18.5 Å². The number of hydrogen-bond donors (Lipinski definition) is 2. The van der Waals surface area contributed by atoms with Gasteiger partial charge in [0.25, 0.3) is 5.91 Å². The second kappa shape index (κ2) is 11.7. The number of amides is 1. The molecule has 37 heavy (non-hydrogen) atoms. The summed E-state index contributed by atoms with van der Waals surface area (Å²) in [5.74, 6) is 0.622. The molecule has 0 fully saturated rings. The molecule has 0 atom stereocenters. The molecular weight excluding hydrogens is 504 g/mol. The molecule has 0 aliphatic heterocycles. The van der Waals surface area contributed by atoms with Crippen molar-refractivity contribution >= 4 is 51.9 Å². The SMILES string of the molecule is O=C(CSc1nnc(CNc2cccc3ccccc23)n1-c1ccccc1)NN=Cc1cccc(Cl)c1. The number of rotatable bonds is 9. The Morgan fingerprint density at radius 1 is 0.946 bits per heavy atom. The molecule has 0 bridgehead atoms. The number of fused-ring (bicyclic) bond motifs is 1. The van der Waals surface area contributed by atoms with E-state index >= 15 is 0 Å². The van der Waals surface area contributed by atoms with Crippen LogP contribution < -0.4 is 10.7 Å². The fourth-order valence-electron chi connectivity index (χ4n) is 3.83. The number of carbonyl (C=O) groups is 1. The highest BCUT2D eigenvalue weighted by Gasteiger charge is 2.16. The molecule has 0 unspecified atom stereocenters. The predicted octanol–water partition coefficient (Wildman–Crippen LogP) is 5.93. The molecular formula is C28H23ClN6OS. The number of para-hydroxylation sites is 1. The molecule has 1 heterocycles. The first-order valence-electron chi connectivity index (χ1n) is 11.6. The number of carbonyl (C=O) groups excluding carboxylic acids is 1. The lowest BCUT2D eigenvalue weighted by Gasteiger charge is -2.12. The summed E-state index contributed by atoms with van der Waals surface area (Å²) in [6.45, 7) is 0.465. The van der Waals surface area contributed by atoms with Gasteiger partial charge in [0.2, 0.25) is 0 Å². The number of aromatic nitrogens is 3. The van der Waals surface area contributed by atoms with E-state index in [0.29, 0.717) is 16.7 Å². The van der Waals surface area contributed by atoms with Gasteiger partial charge in [-0.05, 0) is 41.3 Å². The van der Waals surface area contributed by atoms with Crippen molar-refractivity contribution < 1.29 is 4.79 Å². The van der Waals surface area contributed by atoms with Crippen LogP contribution >= 0.6 is 23.4 Å². The van der Waals surface area contributed by atoms with Crippen LogP contribution in [0.2, 0.25) is 5.02 Å². The van der Waals surface area contributed by atoms with Gasteiger partial charge in [-0.25, -0.2) is 5.43 Å². The first kappa shape index (κ1) is 24.5. The monoisotopic (exact) mass is 526 g/mol. The third-order valence-electron chi connectivity index (χ3n) is 5.53. The fraction of sp³-hybridized carbons (Fsp3) is 0.0714. The smallest absolute Gasteiger partial charge is 0.250 e. The summed E-state index contributed by atoms with van der Waals surface area (Å²) in [5.41, 5.74) is 5.29. The van der Waals surface area contributed by atoms with E-state index < -0.39 is 0 Å². The summed E-state index contributed by atoms with van der Waals surface area (Å²) in [4.78, 5) is 12.4. The van der Waals surface area contributed by atoms with E-state index in [1.54, 1.807) is 18.3 Å². The van der Waals surface area contributed by atoms with Crippen molar-refractivity contribution in [2.75, 3.05) is 11.1 Å². The van der Waals surface area contributed by atoms with Crippen molar-refractivity contribution in [3.05, 3.63) is 113 Å². The summed E-state index contributed by atoms with van der Waals surface area (Å²) in [5, 5.41) is 19.9. The predicted molar refractivity (Wildman–Crippen MR) is 151 cm³/mol. The van der Waals surface area contributed by atoms with Crippen molar-refractivity contribution in [2.45, 2.75) is 11.7 Å². The number of halogens is 1. The van der Waals surface area contributed by atoms with E-state index in [1.807, 2.05) is 65.2 Å². The van der Waals surface area contributed by atoms with E-state index in [2.05, 4.69) is 50.3 Å². The molecule has 0 aliphatic carbocycles. The highest BCUT2D eigenvalue weighted by Crippen LogP contribution is 2.25. The Morgan fingerprint density at radius 3 is 2.59 bits per heavy atom. The molecule has 0 radical (unpaired) electrons. The molecule has 1 aromatic heterocycles. The van der Waals surface area contributed by atoms with Crippen LogP contribution in [-0.4, -0.2) is 32.6 Å². The van der Waals surface area contributed by atoms with Crippen molar-refractivity contribution in [3.8, 4) is 5.69 Å². The summed E-state index contributed by atoms with van der Waals surface area (Å²) < 4.78 is 1.96. The Morgan fingerprint density at radius 2 is 1.73 bits per heavy atom. The second-order valence-electron chi connectivity index (χ2n) is 8.09. The van der Waals surface area contributed by atoms with Crippen LogP contribution in [0.15, 0.2) is 107 Å². The van der Waals surface area contributed by atoms with Gasteiger partial charge in [-0.2, -0.15) is 5.10 Å². The van der Waals surface area contributed by atoms with E-state index in [9.17, 15) is 4.79 Å². The van der Waals surface area contributed by atoms with Gasteiger partial charge < -0.3 is 5.32 Å². The molecule has 5 rings (SSSR count). The largest absolute Gasteiger partial charge is 0.377 e. The number of benzene rings is 4. The number of nitrogens with one attached hydrogen (secondary N) is 2. The summed E-state index contributed by atoms with van der Waals surface area (Å²) in [6, 6.07) is 31.5. The van der Waals surface area contributed by atoms with Crippen LogP contribution in [0.1, 0.15) is 11.4 Å². The second-order valence-corrected chi connectivity index (χ2v) is 9.47. The van der Waals surface area contributed by atoms with E-state index in [1.165, 1.54) is 11.8 Å². The molecule has 184 valence electrons. The summed E-state index contributed by atoms with van der Waals surface area (Å²) in [6.07, 6.45) is 1.55. The van der Waals surface area contributed by atoms with E-state index in [4.69, 9.17) is 11.6 Å². The molecule has 9 heteroatoms. The van der Waals surface area contributed by atoms with Gasteiger partial charge >= 0.3 is 0 Å². The number of anilines is 1. The van der Waals surface area contributed by atoms with Crippen molar-refractivity contribution in [1.82, 2.24) is 20.2 Å². The zero-order valence-electron chi connectivity index (χ0n) is 19.7. The van der Waals surface area contributed by atoms with Gasteiger partial charge in [0.15, 0.2) is 11.0 Å². The molecule has 5 aromatic rings. The van der Waals surface area contributed by atoms with Crippen LogP contribution in [0.3, 0.4) is 0 Å². The highest BCUT2D eigenvalue weighted by molar-refractivity contribution is 7.99. The Bertz CT molecular complexity index is 1550. The molecule has 7 nitrogen and oxygen atoms in total. The maximum absolute atomic E-state index is 12.4. The van der Waals surface area contributed by atoms with E-state index in [0.717, 1.165) is 33.5 Å². The maximum atomic E-state index is 12.4. The summed E-state index contributed by atoms with van der Waals surface area (Å²) >= 11 is 7.28. The Labute approximate surface area is 223 Å². The standard InChI is InChI=1S/C28H23ClN6OS/c29-22-11-6-8-20(16-22)17-31-33-27(36)19-37-28-34-32-26(35(28)23-12-2-1-3-13-23)18-30-25-15-7-10-21-9-4-5-14-24(21)25/h1-17,30H,18-19H2,(H,33,36). The minimum Gasteiger partial charge on any atom is -0.377 e. The fourth-order valence-corrected chi connectivity index (χ4v) is 4.79. The number of nitrogens with zero attached hydrogens (tertiary/aromatic N) is 4. The van der Waals surface area contributed by atoms with Crippen LogP contribution in [0.25, 0.3) is 16.5 Å². The molecule has 0 saturated carbocycles. The molecule has 2 N–H and O–H groups in total. The molecule has 0 aliphatic rings. The normalized spacial score (nSPS) is 11.2. The Balaban J connectivity index is 1.29. The number of hydrogen-bond acceptors (Lipinski definition) is 6. The highest BCUT2D eigenvalue weighted by atomic mass is 35.5. The minimum absolute atomic E-state index is 0.134. The first-order valence-corrected chi connectivity index (χ1v) is 13.0. The Hall–Kier alpha value is -4.14. The zero-order chi connectivity index (χ0) is 25.5. The first-order chi connectivity index (χ1) is 18.2. The lowest BCUT2D eigenvalue weighted by molar-refractivity contribution is -0.118. The van der Waals surface area contributed by atoms with Gasteiger partial charge in [-0.15, -0.1) is 10.2 Å². The molecule has 0 saturated heterocycles. The van der Waals surface area contributed by atoms with Crippen molar-refractivity contribution in [2.24, 2.45) is 5.10 Å². The van der Waals surface area contributed by atoms with Crippen LogP contribution in [0.4, 0.5) is 5.69 Å². The quantitative estimate of drug-likeness (QED) is 0.141. The number of thioether (sulfide) groups is 1. The zero-order valence-corrected chi connectivity index (χ0v) is 21.3. The lowest BCUT2D eigenvalue weighted by atomic mass is 10.1. The van der Waals surface area contributed by atoms with Gasteiger partial charge in [0.1, 0.15) is 0 Å². The van der Waals surface area contributed by atoms with Gasteiger partial charge in [0, 0.05) is 21.8 Å². The van der Waals surface area contributed by atoms with Crippen molar-refractivity contribution in [3.63, 3.8) is 0 Å². The number of hydrazone groups is 1. The van der Waals surface area contributed by atoms with Crippen LogP contribution in [0.5, 0.6) is 0 Å². The molecule has 4 aromatic carbocycles. The maximum Gasteiger partial charge on any atom is 0.250 e. The summed E-state index contributed by atoms with van der Waals surface area (Å²) in [7, 11) is 0. The minimum atomic E-state index is -0.249. The van der Waals surface area contributed by atoms with E-state index in [-0.39, 0.29) is 11.7 Å². The Kier molecular flexibility index (Phi) is 7.78. The van der Waals surface area contributed by atoms with Gasteiger partial charge in [-0.1, -0.05) is 90.1 Å². The average Bonchev–Trinajstić information content (AvgIpc) is 3.34.